The SMILES string of the molecule is CC[C@@H](c1nnnn1Cc1ccc(OC)cc1)N(Cc1ccco1)Cc1cc2c(C)cc(C)cc2[nH]c1=O. The molecule has 3 heterocycles. The number of aromatic amines is 1. The highest BCUT2D eigenvalue weighted by atomic mass is 16.5. The summed E-state index contributed by atoms with van der Waals surface area (Å²) in [5.41, 5.74) is 4.74. The van der Waals surface area contributed by atoms with Crippen LogP contribution in [0.1, 0.15) is 53.2 Å². The lowest BCUT2D eigenvalue weighted by Gasteiger charge is -2.29. The van der Waals surface area contributed by atoms with Gasteiger partial charge in [-0.2, -0.15) is 0 Å². The minimum Gasteiger partial charge on any atom is -0.497 e. The minimum absolute atomic E-state index is 0.0976. The number of aryl methyl sites for hydroxylation is 2. The lowest BCUT2D eigenvalue weighted by molar-refractivity contribution is 0.149. The van der Waals surface area contributed by atoms with Crippen LogP contribution in [-0.2, 0) is 19.6 Å². The molecule has 1 N–H and O–H groups in total. The fraction of sp³-hybridized carbons (Fsp3) is 0.310. The molecule has 9 nitrogen and oxygen atoms in total. The molecular formula is C29H32N6O3. The number of benzene rings is 2. The molecule has 0 amide bonds. The molecule has 0 aliphatic carbocycles. The molecule has 0 fully saturated rings. The number of aromatic nitrogens is 5. The Hall–Kier alpha value is -4.24. The van der Waals surface area contributed by atoms with E-state index in [0.717, 1.165) is 51.3 Å². The number of fused-ring (bicyclic) bond motifs is 1. The van der Waals surface area contributed by atoms with E-state index in [9.17, 15) is 4.79 Å². The van der Waals surface area contributed by atoms with Gasteiger partial charge in [-0.15, -0.1) is 5.10 Å². The molecule has 0 radical (unpaired) electrons. The van der Waals surface area contributed by atoms with Crippen LogP contribution in [0.15, 0.2) is 70.1 Å². The Morgan fingerprint density at radius 3 is 2.63 bits per heavy atom. The number of pyridine rings is 1. The molecule has 5 aromatic rings. The monoisotopic (exact) mass is 512 g/mol. The van der Waals surface area contributed by atoms with Crippen molar-refractivity contribution in [2.75, 3.05) is 7.11 Å². The molecule has 0 bridgehead atoms. The van der Waals surface area contributed by atoms with E-state index in [-0.39, 0.29) is 11.6 Å². The van der Waals surface area contributed by atoms with Gasteiger partial charge in [-0.25, -0.2) is 4.68 Å². The molecule has 2 aromatic carbocycles. The summed E-state index contributed by atoms with van der Waals surface area (Å²) in [6, 6.07) is 17.7. The fourth-order valence-electron chi connectivity index (χ4n) is 5.00. The first kappa shape index (κ1) is 25.4. The van der Waals surface area contributed by atoms with Crippen molar-refractivity contribution in [3.05, 3.63) is 105 Å². The van der Waals surface area contributed by atoms with E-state index < -0.39 is 0 Å². The first-order valence-electron chi connectivity index (χ1n) is 12.7. The summed E-state index contributed by atoms with van der Waals surface area (Å²) < 4.78 is 12.8. The van der Waals surface area contributed by atoms with Crippen LogP contribution in [0.25, 0.3) is 10.9 Å². The fourth-order valence-corrected chi connectivity index (χ4v) is 5.00. The van der Waals surface area contributed by atoms with Gasteiger partial charge in [0.1, 0.15) is 11.5 Å². The van der Waals surface area contributed by atoms with Crippen molar-refractivity contribution >= 4 is 10.9 Å². The maximum absolute atomic E-state index is 13.2. The van der Waals surface area contributed by atoms with Gasteiger partial charge < -0.3 is 14.1 Å². The van der Waals surface area contributed by atoms with Gasteiger partial charge in [0, 0.05) is 23.0 Å². The van der Waals surface area contributed by atoms with Crippen LogP contribution in [0.3, 0.4) is 0 Å². The van der Waals surface area contributed by atoms with Gasteiger partial charge in [0.25, 0.3) is 5.56 Å². The number of furan rings is 1. The number of nitrogens with zero attached hydrogens (tertiary/aromatic N) is 5. The van der Waals surface area contributed by atoms with E-state index in [2.05, 4.69) is 45.3 Å². The number of ether oxygens (including phenoxy) is 1. The van der Waals surface area contributed by atoms with Crippen molar-refractivity contribution in [3.8, 4) is 5.75 Å². The largest absolute Gasteiger partial charge is 0.497 e. The molecule has 3 aromatic heterocycles. The number of nitrogens with one attached hydrogen (secondary N) is 1. The molecule has 0 aliphatic rings. The average molecular weight is 513 g/mol. The Bertz CT molecular complexity index is 1570. The molecule has 0 spiro atoms. The second kappa shape index (κ2) is 11.0. The second-order valence-corrected chi connectivity index (χ2v) is 9.62. The van der Waals surface area contributed by atoms with Crippen LogP contribution in [0, 0.1) is 13.8 Å². The minimum atomic E-state index is -0.150. The van der Waals surface area contributed by atoms with Crippen molar-refractivity contribution in [2.24, 2.45) is 0 Å². The zero-order valence-corrected chi connectivity index (χ0v) is 22.1. The highest BCUT2D eigenvalue weighted by molar-refractivity contribution is 5.83. The van der Waals surface area contributed by atoms with E-state index in [1.165, 1.54) is 0 Å². The quantitative estimate of drug-likeness (QED) is 0.283. The Labute approximate surface area is 221 Å². The number of H-pyrrole nitrogens is 1. The number of hydrogen-bond acceptors (Lipinski definition) is 7. The number of hydrogen-bond donors (Lipinski definition) is 1. The molecular weight excluding hydrogens is 480 g/mol. The summed E-state index contributed by atoms with van der Waals surface area (Å²) in [5, 5.41) is 13.8. The molecule has 0 aliphatic heterocycles. The number of methoxy groups -OCH3 is 1. The maximum atomic E-state index is 13.2. The standard InChI is InChI=1S/C29H32N6O3/c1-5-27(28-31-32-33-35(28)16-21-8-10-23(37-4)11-9-21)34(18-24-7-6-12-38-24)17-22-15-25-20(3)13-19(2)14-26(25)30-29(22)36/h6-15,27H,5,16-18H2,1-4H3,(H,30,36)/t27-/m0/s1. The van der Waals surface area contributed by atoms with E-state index in [1.807, 2.05) is 60.1 Å². The summed E-state index contributed by atoms with van der Waals surface area (Å²) in [7, 11) is 1.65. The summed E-state index contributed by atoms with van der Waals surface area (Å²) >= 11 is 0. The van der Waals surface area contributed by atoms with Crippen molar-refractivity contribution in [3.63, 3.8) is 0 Å². The average Bonchev–Trinajstić information content (AvgIpc) is 3.58. The van der Waals surface area contributed by atoms with Gasteiger partial charge in [0.05, 0.1) is 32.5 Å². The first-order chi connectivity index (χ1) is 18.4. The normalized spacial score (nSPS) is 12.3. The van der Waals surface area contributed by atoms with Crippen molar-refractivity contribution in [1.82, 2.24) is 30.1 Å². The van der Waals surface area contributed by atoms with Gasteiger partial charge in [-0.3, -0.25) is 9.69 Å². The predicted molar refractivity (Wildman–Crippen MR) is 145 cm³/mol. The highest BCUT2D eigenvalue weighted by Gasteiger charge is 2.27. The Morgan fingerprint density at radius 1 is 1.11 bits per heavy atom. The highest BCUT2D eigenvalue weighted by Crippen LogP contribution is 2.28. The third kappa shape index (κ3) is 5.38. The third-order valence-electron chi connectivity index (χ3n) is 6.88. The van der Waals surface area contributed by atoms with Gasteiger partial charge in [-0.05, 0) is 83.8 Å². The summed E-state index contributed by atoms with van der Waals surface area (Å²) in [5.74, 6) is 2.34. The molecule has 1 atom stereocenters. The van der Waals surface area contributed by atoms with Gasteiger partial charge in [0.2, 0.25) is 0 Å². The number of rotatable bonds is 10. The first-order valence-corrected chi connectivity index (χ1v) is 12.7. The second-order valence-electron chi connectivity index (χ2n) is 9.62. The molecule has 196 valence electrons. The van der Waals surface area contributed by atoms with Gasteiger partial charge in [-0.1, -0.05) is 25.1 Å². The van der Waals surface area contributed by atoms with E-state index in [1.54, 1.807) is 13.4 Å². The summed E-state index contributed by atoms with van der Waals surface area (Å²) in [6.45, 7) is 7.64. The van der Waals surface area contributed by atoms with Crippen molar-refractivity contribution in [2.45, 2.75) is 52.9 Å². The van der Waals surface area contributed by atoms with Crippen LogP contribution < -0.4 is 10.3 Å². The Kier molecular flexibility index (Phi) is 7.37. The van der Waals surface area contributed by atoms with Crippen molar-refractivity contribution in [1.29, 1.82) is 0 Å². The van der Waals surface area contributed by atoms with E-state index in [0.29, 0.717) is 25.2 Å². The number of tetrazole rings is 1. The van der Waals surface area contributed by atoms with E-state index >= 15 is 0 Å². The lowest BCUT2D eigenvalue weighted by Crippen LogP contribution is -2.32. The van der Waals surface area contributed by atoms with Crippen LogP contribution >= 0.6 is 0 Å². The summed E-state index contributed by atoms with van der Waals surface area (Å²) in [6.07, 6.45) is 2.41. The smallest absolute Gasteiger partial charge is 0.252 e. The van der Waals surface area contributed by atoms with Gasteiger partial charge >= 0.3 is 0 Å². The van der Waals surface area contributed by atoms with Crippen LogP contribution in [0.2, 0.25) is 0 Å². The zero-order chi connectivity index (χ0) is 26.6. The predicted octanol–water partition coefficient (Wildman–Crippen LogP) is 4.93. The zero-order valence-electron chi connectivity index (χ0n) is 22.1. The molecule has 5 rings (SSSR count). The Morgan fingerprint density at radius 2 is 1.92 bits per heavy atom. The van der Waals surface area contributed by atoms with Crippen LogP contribution in [-0.4, -0.2) is 37.2 Å². The van der Waals surface area contributed by atoms with E-state index in [4.69, 9.17) is 9.15 Å². The Balaban J connectivity index is 1.50. The molecule has 0 saturated heterocycles. The third-order valence-corrected chi connectivity index (χ3v) is 6.88. The van der Waals surface area contributed by atoms with Gasteiger partial charge in [0.15, 0.2) is 5.82 Å². The van der Waals surface area contributed by atoms with Crippen LogP contribution in [0.5, 0.6) is 5.75 Å². The molecule has 38 heavy (non-hydrogen) atoms. The lowest BCUT2D eigenvalue weighted by atomic mass is 10.0. The molecule has 0 saturated carbocycles. The molecule has 0 unspecified atom stereocenters. The summed E-state index contributed by atoms with van der Waals surface area (Å²) in [4.78, 5) is 18.5. The molecule has 9 heteroatoms. The van der Waals surface area contributed by atoms with Crippen LogP contribution in [0.4, 0.5) is 0 Å². The van der Waals surface area contributed by atoms with Crippen molar-refractivity contribution < 1.29 is 9.15 Å². The topological polar surface area (TPSA) is 102 Å². The maximum Gasteiger partial charge on any atom is 0.252 e.